The molecule has 4 aliphatic rings. The third kappa shape index (κ3) is 5.27. The normalized spacial score (nSPS) is 13.1. The van der Waals surface area contributed by atoms with Gasteiger partial charge in [0.15, 0.2) is 12.4 Å². The highest BCUT2D eigenvalue weighted by Gasteiger charge is 2.12. The Morgan fingerprint density at radius 3 is 1.93 bits per heavy atom. The number of hydrogen-bond acceptors (Lipinski definition) is 1. The molecule has 0 amide bonds. The van der Waals surface area contributed by atoms with E-state index < -0.39 is 0 Å². The van der Waals surface area contributed by atoms with Gasteiger partial charge in [0, 0.05) is 31.9 Å². The zero-order valence-electron chi connectivity index (χ0n) is 17.5. The first-order valence-electron chi connectivity index (χ1n) is 10.1. The lowest BCUT2D eigenvalue weighted by molar-refractivity contribution is -0.671. The van der Waals surface area contributed by atoms with Crippen LogP contribution in [-0.2, 0) is 32.7 Å². The number of aryl methyl sites for hydroxylation is 5. The van der Waals surface area contributed by atoms with E-state index >= 15 is 0 Å². The van der Waals surface area contributed by atoms with E-state index in [0.29, 0.717) is 0 Å². The van der Waals surface area contributed by atoms with E-state index in [1.165, 1.54) is 39.1 Å². The summed E-state index contributed by atoms with van der Waals surface area (Å²) in [6, 6.07) is 18.3. The van der Waals surface area contributed by atoms with Gasteiger partial charge in [0.25, 0.3) is 0 Å². The summed E-state index contributed by atoms with van der Waals surface area (Å²) in [7, 11) is 6.36. The van der Waals surface area contributed by atoms with Gasteiger partial charge in [-0.1, -0.05) is 36.4 Å². The Bertz CT molecular complexity index is 986. The second-order valence-corrected chi connectivity index (χ2v) is 8.02. The van der Waals surface area contributed by atoms with Gasteiger partial charge in [-0.2, -0.15) is 0 Å². The topological polar surface area (TPSA) is 7.12 Å². The molecule has 1 aromatic heterocycles. The van der Waals surface area contributed by atoms with Crippen LogP contribution in [0.15, 0.2) is 60.9 Å². The van der Waals surface area contributed by atoms with Gasteiger partial charge >= 0.3 is 0 Å². The Hall–Kier alpha value is -2.14. The number of hydrogen-bond donors (Lipinski definition) is 0. The zero-order valence-corrected chi connectivity index (χ0v) is 19.7. The summed E-state index contributed by atoms with van der Waals surface area (Å²) >= 11 is 0. The number of pyridine rings is 1. The van der Waals surface area contributed by atoms with Gasteiger partial charge in [0.2, 0.25) is 0 Å². The van der Waals surface area contributed by atoms with Crippen LogP contribution in [0, 0.1) is 0 Å². The van der Waals surface area contributed by atoms with E-state index in [2.05, 4.69) is 96.6 Å². The third-order valence-corrected chi connectivity index (χ3v) is 5.67. The van der Waals surface area contributed by atoms with Gasteiger partial charge in [-0.3, -0.25) is 0 Å². The highest BCUT2D eigenvalue weighted by atomic mass is 127. The smallest absolute Gasteiger partial charge is 0.169 e. The largest absolute Gasteiger partial charge is 1.00 e. The quantitative estimate of drug-likeness (QED) is 0.395. The average Bonchev–Trinajstić information content (AvgIpc) is 2.69. The SMILES string of the molecule is CN(C)c1cc2c(/C=C/c3cc[n+](C)cc3)cc1CCc1ccc(cc1)CC2.[I-]. The highest BCUT2D eigenvalue weighted by molar-refractivity contribution is 5.73. The molecular formula is C26H29IN2. The van der Waals surface area contributed by atoms with E-state index in [9.17, 15) is 0 Å². The number of aromatic nitrogens is 1. The molecular weight excluding hydrogens is 467 g/mol. The van der Waals surface area contributed by atoms with Crippen molar-refractivity contribution in [1.29, 1.82) is 0 Å². The van der Waals surface area contributed by atoms with Crippen LogP contribution in [0.25, 0.3) is 12.2 Å². The fraction of sp³-hybridized carbons (Fsp3) is 0.269. The number of nitrogens with zero attached hydrogens (tertiary/aromatic N) is 2. The minimum absolute atomic E-state index is 0. The molecule has 4 aliphatic carbocycles. The van der Waals surface area contributed by atoms with E-state index in [-0.39, 0.29) is 24.0 Å². The predicted octanol–water partition coefficient (Wildman–Crippen LogP) is 1.64. The lowest BCUT2D eigenvalue weighted by atomic mass is 9.91. The maximum Gasteiger partial charge on any atom is 0.169 e. The van der Waals surface area contributed by atoms with Crippen molar-refractivity contribution in [2.24, 2.45) is 7.05 Å². The number of rotatable bonds is 3. The summed E-state index contributed by atoms with van der Waals surface area (Å²) in [6.07, 6.45) is 13.0. The highest BCUT2D eigenvalue weighted by Crippen LogP contribution is 2.29. The summed E-state index contributed by atoms with van der Waals surface area (Å²) in [6.45, 7) is 0. The summed E-state index contributed by atoms with van der Waals surface area (Å²) in [4.78, 5) is 2.26. The molecule has 0 fully saturated rings. The van der Waals surface area contributed by atoms with E-state index in [1.54, 1.807) is 0 Å². The first-order valence-corrected chi connectivity index (χ1v) is 10.1. The van der Waals surface area contributed by atoms with Crippen LogP contribution in [-0.4, -0.2) is 14.1 Å². The van der Waals surface area contributed by atoms with Gasteiger partial charge in [-0.05, 0) is 71.2 Å². The first-order chi connectivity index (χ1) is 13.6. The zero-order chi connectivity index (χ0) is 19.5. The summed E-state index contributed by atoms with van der Waals surface area (Å²) in [5.74, 6) is 0. The van der Waals surface area contributed by atoms with Gasteiger partial charge in [-0.15, -0.1) is 0 Å². The predicted molar refractivity (Wildman–Crippen MR) is 119 cm³/mol. The molecule has 0 unspecified atom stereocenters. The molecule has 0 spiro atoms. The van der Waals surface area contributed by atoms with Crippen LogP contribution in [0.4, 0.5) is 5.69 Å². The molecule has 3 heteroatoms. The van der Waals surface area contributed by atoms with E-state index in [1.807, 2.05) is 7.05 Å². The molecule has 0 aliphatic heterocycles. The standard InChI is InChI=1S/C26H29N2.HI/c1-27(2)26-19-24-12-8-20-4-6-21(7-5-20)10-13-25(26)18-23(24)11-9-22-14-16-28(3)17-15-22;/h4-7,9,11,14-19H,8,10,12-13H2,1-3H3;1H/q+1;/p-1. The number of halogens is 1. The molecule has 0 saturated carbocycles. The molecule has 4 bridgehead atoms. The van der Waals surface area contributed by atoms with Gasteiger partial charge in [0.05, 0.1) is 0 Å². The van der Waals surface area contributed by atoms with Crippen LogP contribution >= 0.6 is 0 Å². The van der Waals surface area contributed by atoms with Gasteiger partial charge in [0.1, 0.15) is 7.05 Å². The van der Waals surface area contributed by atoms with Crippen molar-refractivity contribution in [3.63, 3.8) is 0 Å². The fourth-order valence-corrected chi connectivity index (χ4v) is 3.92. The Labute approximate surface area is 191 Å². The van der Waals surface area contributed by atoms with Crippen molar-refractivity contribution in [3.8, 4) is 0 Å². The second kappa shape index (κ2) is 9.57. The van der Waals surface area contributed by atoms with Crippen LogP contribution < -0.4 is 33.4 Å². The van der Waals surface area contributed by atoms with Crippen LogP contribution in [0.3, 0.4) is 0 Å². The molecule has 3 aromatic rings. The second-order valence-electron chi connectivity index (χ2n) is 8.02. The molecule has 0 saturated heterocycles. The van der Waals surface area contributed by atoms with E-state index in [0.717, 1.165) is 25.7 Å². The Balaban J connectivity index is 0.00000240. The lowest BCUT2D eigenvalue weighted by Gasteiger charge is -2.22. The molecule has 1 heterocycles. The number of anilines is 1. The Morgan fingerprint density at radius 1 is 0.759 bits per heavy atom. The molecule has 2 nitrogen and oxygen atoms in total. The molecule has 0 atom stereocenters. The molecule has 0 N–H and O–H groups in total. The van der Waals surface area contributed by atoms with Crippen LogP contribution in [0.1, 0.15) is 33.4 Å². The van der Waals surface area contributed by atoms with Crippen molar-refractivity contribution in [2.45, 2.75) is 25.7 Å². The Kier molecular flexibility index (Phi) is 7.12. The maximum absolute atomic E-state index is 2.41. The summed E-state index contributed by atoms with van der Waals surface area (Å²) < 4.78 is 2.07. The van der Waals surface area contributed by atoms with Crippen LogP contribution in [0.5, 0.6) is 0 Å². The molecule has 7 rings (SSSR count). The van der Waals surface area contributed by atoms with Gasteiger partial charge in [-0.25, -0.2) is 4.57 Å². The first kappa shape index (κ1) is 21.6. The average molecular weight is 496 g/mol. The van der Waals surface area contributed by atoms with Crippen molar-refractivity contribution < 1.29 is 28.5 Å². The third-order valence-electron chi connectivity index (χ3n) is 5.67. The monoisotopic (exact) mass is 496 g/mol. The molecule has 2 aromatic carbocycles. The number of benzene rings is 2. The minimum atomic E-state index is 0. The molecule has 150 valence electrons. The summed E-state index contributed by atoms with van der Waals surface area (Å²) in [5, 5.41) is 0. The van der Waals surface area contributed by atoms with Crippen LogP contribution in [0.2, 0.25) is 0 Å². The Morgan fingerprint density at radius 2 is 1.34 bits per heavy atom. The van der Waals surface area contributed by atoms with E-state index in [4.69, 9.17) is 0 Å². The lowest BCUT2D eigenvalue weighted by Crippen LogP contribution is -3.00. The fourth-order valence-electron chi connectivity index (χ4n) is 3.92. The van der Waals surface area contributed by atoms with Crippen molar-refractivity contribution in [1.82, 2.24) is 0 Å². The maximum atomic E-state index is 2.41. The molecule has 29 heavy (non-hydrogen) atoms. The minimum Gasteiger partial charge on any atom is -1.00 e. The van der Waals surface area contributed by atoms with Crippen molar-refractivity contribution in [3.05, 3.63) is 94.3 Å². The molecule has 0 radical (unpaired) electrons. The van der Waals surface area contributed by atoms with Crippen molar-refractivity contribution in [2.75, 3.05) is 19.0 Å². The van der Waals surface area contributed by atoms with Gasteiger partial charge < -0.3 is 28.9 Å². The van der Waals surface area contributed by atoms with Crippen molar-refractivity contribution >= 4 is 17.8 Å². The summed E-state index contributed by atoms with van der Waals surface area (Å²) in [5.41, 5.74) is 9.64.